The average molecular weight is 206 g/mol. The predicted molar refractivity (Wildman–Crippen MR) is 55.7 cm³/mol. The Morgan fingerprint density at radius 2 is 2.33 bits per heavy atom. The fourth-order valence-corrected chi connectivity index (χ4v) is 1.95. The lowest BCUT2D eigenvalue weighted by molar-refractivity contribution is -0.141. The molecule has 2 N–H and O–H groups in total. The van der Waals surface area contributed by atoms with Crippen LogP contribution < -0.4 is 5.32 Å². The van der Waals surface area contributed by atoms with Crippen molar-refractivity contribution in [1.29, 1.82) is 0 Å². The molecule has 1 aromatic rings. The van der Waals surface area contributed by atoms with Gasteiger partial charge in [-0.1, -0.05) is 6.07 Å². The molecule has 0 bridgehead atoms. The topological polar surface area (TPSA) is 62.2 Å². The van der Waals surface area contributed by atoms with Gasteiger partial charge in [-0.05, 0) is 18.6 Å². The number of rotatable bonds is 2. The number of hydrogen-bond acceptors (Lipinski definition) is 3. The number of nitrogens with zero attached hydrogens (tertiary/aromatic N) is 1. The van der Waals surface area contributed by atoms with Gasteiger partial charge in [0.05, 0.1) is 5.92 Å². The summed E-state index contributed by atoms with van der Waals surface area (Å²) in [6, 6.07) is 3.89. The van der Waals surface area contributed by atoms with E-state index in [9.17, 15) is 4.79 Å². The van der Waals surface area contributed by atoms with Crippen molar-refractivity contribution < 1.29 is 9.90 Å². The Labute approximate surface area is 88.3 Å². The van der Waals surface area contributed by atoms with Crippen LogP contribution in [0.25, 0.3) is 0 Å². The maximum atomic E-state index is 11.0. The number of carboxylic acids is 1. The first-order valence-corrected chi connectivity index (χ1v) is 5.04. The molecule has 0 amide bonds. The first-order chi connectivity index (χ1) is 7.18. The van der Waals surface area contributed by atoms with Crippen LogP contribution in [0.3, 0.4) is 0 Å². The summed E-state index contributed by atoms with van der Waals surface area (Å²) >= 11 is 0. The number of carbonyl (C=O) groups is 1. The van der Waals surface area contributed by atoms with Crippen molar-refractivity contribution in [2.24, 2.45) is 5.92 Å². The summed E-state index contributed by atoms with van der Waals surface area (Å²) in [5, 5.41) is 12.1. The van der Waals surface area contributed by atoms with E-state index in [2.05, 4.69) is 10.3 Å². The van der Waals surface area contributed by atoms with Crippen LogP contribution >= 0.6 is 0 Å². The first-order valence-electron chi connectivity index (χ1n) is 5.04. The second-order valence-electron chi connectivity index (χ2n) is 3.97. The third-order valence-electron chi connectivity index (χ3n) is 2.85. The monoisotopic (exact) mass is 206 g/mol. The van der Waals surface area contributed by atoms with Gasteiger partial charge in [-0.15, -0.1) is 0 Å². The van der Waals surface area contributed by atoms with E-state index in [0.717, 1.165) is 11.3 Å². The summed E-state index contributed by atoms with van der Waals surface area (Å²) < 4.78 is 0. The van der Waals surface area contributed by atoms with Gasteiger partial charge in [0.2, 0.25) is 0 Å². The van der Waals surface area contributed by atoms with E-state index in [1.165, 1.54) is 0 Å². The molecule has 0 spiro atoms. The van der Waals surface area contributed by atoms with Crippen molar-refractivity contribution in [2.45, 2.75) is 12.8 Å². The molecule has 2 heterocycles. The highest BCUT2D eigenvalue weighted by molar-refractivity contribution is 5.72. The average Bonchev–Trinajstić information content (AvgIpc) is 2.67. The van der Waals surface area contributed by atoms with E-state index in [-0.39, 0.29) is 11.8 Å². The molecule has 1 fully saturated rings. The molecule has 0 radical (unpaired) electrons. The third kappa shape index (κ3) is 1.99. The van der Waals surface area contributed by atoms with Gasteiger partial charge in [0.15, 0.2) is 0 Å². The standard InChI is InChI=1S/C11H14N2O2/c1-7-2-3-10(13-4-7)8-5-12-6-9(8)11(14)15/h2-4,8-9,12H,5-6H2,1H3,(H,14,15). The smallest absolute Gasteiger partial charge is 0.308 e. The van der Waals surface area contributed by atoms with Gasteiger partial charge in [0, 0.05) is 30.9 Å². The minimum atomic E-state index is -0.743. The molecular weight excluding hydrogens is 192 g/mol. The van der Waals surface area contributed by atoms with Crippen molar-refractivity contribution in [3.63, 3.8) is 0 Å². The molecule has 0 saturated carbocycles. The quantitative estimate of drug-likeness (QED) is 0.750. The molecule has 2 unspecified atom stereocenters. The van der Waals surface area contributed by atoms with Crippen molar-refractivity contribution in [3.05, 3.63) is 29.6 Å². The first kappa shape index (κ1) is 10.1. The van der Waals surface area contributed by atoms with Gasteiger partial charge >= 0.3 is 5.97 Å². The van der Waals surface area contributed by atoms with E-state index >= 15 is 0 Å². The zero-order valence-corrected chi connectivity index (χ0v) is 8.60. The van der Waals surface area contributed by atoms with Crippen molar-refractivity contribution in [3.8, 4) is 0 Å². The maximum Gasteiger partial charge on any atom is 0.308 e. The summed E-state index contributed by atoms with van der Waals surface area (Å²) in [4.78, 5) is 15.3. The number of hydrogen-bond donors (Lipinski definition) is 2. The van der Waals surface area contributed by atoms with Gasteiger partial charge in [0.25, 0.3) is 0 Å². The summed E-state index contributed by atoms with van der Waals surface area (Å²) in [7, 11) is 0. The molecular formula is C11H14N2O2. The lowest BCUT2D eigenvalue weighted by Gasteiger charge is -2.13. The fraction of sp³-hybridized carbons (Fsp3) is 0.455. The van der Waals surface area contributed by atoms with E-state index in [0.29, 0.717) is 13.1 Å². The van der Waals surface area contributed by atoms with E-state index in [1.807, 2.05) is 19.1 Å². The van der Waals surface area contributed by atoms with Crippen LogP contribution in [0, 0.1) is 12.8 Å². The summed E-state index contributed by atoms with van der Waals surface area (Å²) in [6.45, 7) is 3.21. The lowest BCUT2D eigenvalue weighted by Crippen LogP contribution is -2.21. The Morgan fingerprint density at radius 3 is 2.93 bits per heavy atom. The highest BCUT2D eigenvalue weighted by Crippen LogP contribution is 2.26. The van der Waals surface area contributed by atoms with Crippen LogP contribution in [-0.2, 0) is 4.79 Å². The Morgan fingerprint density at radius 1 is 1.53 bits per heavy atom. The van der Waals surface area contributed by atoms with Crippen LogP contribution in [-0.4, -0.2) is 29.1 Å². The van der Waals surface area contributed by atoms with Gasteiger partial charge in [-0.3, -0.25) is 9.78 Å². The van der Waals surface area contributed by atoms with Crippen molar-refractivity contribution >= 4 is 5.97 Å². The molecule has 1 aliphatic heterocycles. The summed E-state index contributed by atoms with van der Waals surface area (Å²) in [5.41, 5.74) is 1.97. The highest BCUT2D eigenvalue weighted by atomic mass is 16.4. The molecule has 1 aliphatic rings. The minimum absolute atomic E-state index is 0.00287. The molecule has 0 aliphatic carbocycles. The lowest BCUT2D eigenvalue weighted by atomic mass is 9.92. The molecule has 4 nitrogen and oxygen atoms in total. The van der Waals surface area contributed by atoms with Crippen LogP contribution in [0.5, 0.6) is 0 Å². The number of carboxylic acid groups (broad SMARTS) is 1. The van der Waals surface area contributed by atoms with Gasteiger partial charge in [0.1, 0.15) is 0 Å². The summed E-state index contributed by atoms with van der Waals surface area (Å²) in [6.07, 6.45) is 1.78. The van der Waals surface area contributed by atoms with Crippen LogP contribution in [0.4, 0.5) is 0 Å². The number of nitrogens with one attached hydrogen (secondary N) is 1. The van der Waals surface area contributed by atoms with Crippen molar-refractivity contribution in [2.75, 3.05) is 13.1 Å². The third-order valence-corrected chi connectivity index (χ3v) is 2.85. The van der Waals surface area contributed by atoms with Crippen molar-refractivity contribution in [1.82, 2.24) is 10.3 Å². The molecule has 2 rings (SSSR count). The number of pyridine rings is 1. The predicted octanol–water partition coefficient (Wildman–Crippen LogP) is 0.778. The zero-order chi connectivity index (χ0) is 10.8. The minimum Gasteiger partial charge on any atom is -0.481 e. The largest absolute Gasteiger partial charge is 0.481 e. The Kier molecular flexibility index (Phi) is 2.68. The normalized spacial score (nSPS) is 25.4. The molecule has 2 atom stereocenters. The molecule has 15 heavy (non-hydrogen) atoms. The van der Waals surface area contributed by atoms with Gasteiger partial charge in [-0.2, -0.15) is 0 Å². The Bertz CT molecular complexity index is 361. The molecule has 4 heteroatoms. The van der Waals surface area contributed by atoms with E-state index in [4.69, 9.17) is 5.11 Å². The number of aryl methyl sites for hydroxylation is 1. The second kappa shape index (κ2) is 3.98. The summed E-state index contributed by atoms with van der Waals surface area (Å²) in [5.74, 6) is -1.09. The molecule has 1 saturated heterocycles. The maximum absolute atomic E-state index is 11.0. The van der Waals surface area contributed by atoms with E-state index in [1.54, 1.807) is 6.20 Å². The number of aromatic nitrogens is 1. The molecule has 80 valence electrons. The Hall–Kier alpha value is -1.42. The molecule has 1 aromatic heterocycles. The Balaban J connectivity index is 2.22. The van der Waals surface area contributed by atoms with E-state index < -0.39 is 5.97 Å². The van der Waals surface area contributed by atoms with Crippen LogP contribution in [0.15, 0.2) is 18.3 Å². The molecule has 0 aromatic carbocycles. The van der Waals surface area contributed by atoms with Crippen LogP contribution in [0.1, 0.15) is 17.2 Å². The second-order valence-corrected chi connectivity index (χ2v) is 3.97. The fourth-order valence-electron chi connectivity index (χ4n) is 1.95. The highest BCUT2D eigenvalue weighted by Gasteiger charge is 2.34. The van der Waals surface area contributed by atoms with Gasteiger partial charge < -0.3 is 10.4 Å². The SMILES string of the molecule is Cc1ccc(C2CNCC2C(=O)O)nc1. The van der Waals surface area contributed by atoms with Gasteiger partial charge in [-0.25, -0.2) is 0 Å². The number of aliphatic carboxylic acids is 1. The van der Waals surface area contributed by atoms with Crippen LogP contribution in [0.2, 0.25) is 0 Å². The zero-order valence-electron chi connectivity index (χ0n) is 8.60.